The second-order valence-corrected chi connectivity index (χ2v) is 9.46. The lowest BCUT2D eigenvalue weighted by Crippen LogP contribution is -2.45. The van der Waals surface area contributed by atoms with Crippen molar-refractivity contribution < 1.29 is 0 Å². The van der Waals surface area contributed by atoms with Crippen molar-refractivity contribution in [3.8, 4) is 0 Å². The Hall–Kier alpha value is -3.49. The molecule has 182 valence electrons. The molecule has 0 N–H and O–H groups in total. The highest BCUT2D eigenvalue weighted by atomic mass is 16.2. The average molecular weight is 473 g/mol. The van der Waals surface area contributed by atoms with Crippen LogP contribution in [-0.2, 0) is 33.7 Å². The summed E-state index contributed by atoms with van der Waals surface area (Å²) in [7, 11) is 3.21. The Morgan fingerprint density at radius 2 is 1.40 bits per heavy atom. The van der Waals surface area contributed by atoms with Gasteiger partial charge in [-0.05, 0) is 23.6 Å². The van der Waals surface area contributed by atoms with Crippen molar-refractivity contribution in [2.45, 2.75) is 26.6 Å². The predicted molar refractivity (Wildman–Crippen MR) is 137 cm³/mol. The Kier molecular flexibility index (Phi) is 6.40. The number of rotatable bonds is 6. The Morgan fingerprint density at radius 3 is 2.09 bits per heavy atom. The summed E-state index contributed by atoms with van der Waals surface area (Å²) >= 11 is 0. The van der Waals surface area contributed by atoms with Crippen LogP contribution in [0.1, 0.15) is 22.5 Å². The fraction of sp³-hybridized carbons (Fsp3) is 0.370. The van der Waals surface area contributed by atoms with Crippen LogP contribution in [0, 0.1) is 6.92 Å². The normalized spacial score (nSPS) is 15.2. The Labute approximate surface area is 204 Å². The number of aryl methyl sites for hydroxylation is 2. The zero-order valence-electron chi connectivity index (χ0n) is 20.6. The molecular weight excluding hydrogens is 440 g/mol. The third-order valence-electron chi connectivity index (χ3n) is 7.10. The molecule has 0 unspecified atom stereocenters. The lowest BCUT2D eigenvalue weighted by atomic mass is 10.1. The van der Waals surface area contributed by atoms with Gasteiger partial charge in [-0.3, -0.25) is 23.7 Å². The van der Waals surface area contributed by atoms with E-state index >= 15 is 0 Å². The fourth-order valence-electron chi connectivity index (χ4n) is 4.89. The second kappa shape index (κ2) is 9.64. The maximum absolute atomic E-state index is 13.2. The van der Waals surface area contributed by atoms with Crippen molar-refractivity contribution >= 4 is 11.2 Å². The first-order chi connectivity index (χ1) is 16.9. The molecule has 1 aliphatic rings. The van der Waals surface area contributed by atoms with Crippen LogP contribution >= 0.6 is 0 Å². The van der Waals surface area contributed by atoms with Gasteiger partial charge in [0.05, 0.1) is 6.54 Å². The summed E-state index contributed by atoms with van der Waals surface area (Å²) in [5.74, 6) is 0.818. The van der Waals surface area contributed by atoms with Crippen LogP contribution in [0.15, 0.2) is 64.2 Å². The number of nitrogens with zero attached hydrogens (tertiary/aromatic N) is 6. The number of hydrogen-bond donors (Lipinski definition) is 0. The van der Waals surface area contributed by atoms with Crippen LogP contribution in [0.5, 0.6) is 0 Å². The van der Waals surface area contributed by atoms with Gasteiger partial charge in [0.25, 0.3) is 5.56 Å². The Bertz CT molecular complexity index is 1460. The molecule has 3 heterocycles. The van der Waals surface area contributed by atoms with Gasteiger partial charge in [0.15, 0.2) is 11.2 Å². The first-order valence-corrected chi connectivity index (χ1v) is 12.1. The zero-order chi connectivity index (χ0) is 24.5. The first-order valence-electron chi connectivity index (χ1n) is 12.1. The van der Waals surface area contributed by atoms with Crippen LogP contribution in [-0.4, -0.2) is 54.7 Å². The number of hydrogen-bond acceptors (Lipinski definition) is 5. The summed E-state index contributed by atoms with van der Waals surface area (Å²) in [5, 5.41) is 0. The van der Waals surface area contributed by atoms with Gasteiger partial charge in [-0.2, -0.15) is 0 Å². The van der Waals surface area contributed by atoms with Gasteiger partial charge in [0.1, 0.15) is 5.82 Å². The zero-order valence-corrected chi connectivity index (χ0v) is 20.6. The minimum absolute atomic E-state index is 0.303. The largest absolute Gasteiger partial charge is 0.332 e. The van der Waals surface area contributed by atoms with E-state index < -0.39 is 0 Å². The lowest BCUT2D eigenvalue weighted by molar-refractivity contribution is 0.119. The summed E-state index contributed by atoms with van der Waals surface area (Å²) in [4.78, 5) is 35.5. The third kappa shape index (κ3) is 4.59. The standard InChI is InChI=1S/C27H32N6O2/c1-20-9-7-8-12-22(20)18-33-23(28-25-24(33)26(34)30(3)27(35)29(25)2)19-32-15-13-31(14-16-32)17-21-10-5-4-6-11-21/h4-12H,13-19H2,1-3H3. The van der Waals surface area contributed by atoms with Crippen molar-refractivity contribution in [2.24, 2.45) is 14.1 Å². The van der Waals surface area contributed by atoms with Crippen molar-refractivity contribution in [3.05, 3.63) is 98.0 Å². The fourth-order valence-corrected chi connectivity index (χ4v) is 4.89. The number of aromatic nitrogens is 4. The number of piperazine rings is 1. The Morgan fingerprint density at radius 1 is 0.771 bits per heavy atom. The van der Waals surface area contributed by atoms with E-state index in [0.717, 1.165) is 49.7 Å². The lowest BCUT2D eigenvalue weighted by Gasteiger charge is -2.34. The van der Waals surface area contributed by atoms with Crippen LogP contribution in [0.3, 0.4) is 0 Å². The molecule has 8 nitrogen and oxygen atoms in total. The summed E-state index contributed by atoms with van der Waals surface area (Å²) in [6, 6.07) is 18.8. The molecule has 0 atom stereocenters. The van der Waals surface area contributed by atoms with Crippen LogP contribution < -0.4 is 11.2 Å². The molecule has 2 aromatic heterocycles. The molecule has 1 aliphatic heterocycles. The van der Waals surface area contributed by atoms with E-state index in [9.17, 15) is 9.59 Å². The van der Waals surface area contributed by atoms with E-state index in [0.29, 0.717) is 24.3 Å². The molecule has 8 heteroatoms. The van der Waals surface area contributed by atoms with Crippen molar-refractivity contribution in [1.29, 1.82) is 0 Å². The summed E-state index contributed by atoms with van der Waals surface area (Å²) in [6.45, 7) is 8.03. The molecule has 0 aliphatic carbocycles. The molecule has 4 aromatic rings. The highest BCUT2D eigenvalue weighted by Crippen LogP contribution is 2.19. The van der Waals surface area contributed by atoms with E-state index in [1.54, 1.807) is 7.05 Å². The van der Waals surface area contributed by atoms with Crippen molar-refractivity contribution in [3.63, 3.8) is 0 Å². The number of benzene rings is 2. The minimum atomic E-state index is -0.357. The van der Waals surface area contributed by atoms with E-state index in [2.05, 4.69) is 53.1 Å². The predicted octanol–water partition coefficient (Wildman–Crippen LogP) is 2.11. The molecule has 35 heavy (non-hydrogen) atoms. The van der Waals surface area contributed by atoms with Gasteiger partial charge >= 0.3 is 5.69 Å². The highest BCUT2D eigenvalue weighted by Gasteiger charge is 2.23. The molecule has 1 fully saturated rings. The second-order valence-electron chi connectivity index (χ2n) is 9.46. The maximum Gasteiger partial charge on any atom is 0.332 e. The van der Waals surface area contributed by atoms with E-state index in [1.807, 2.05) is 22.8 Å². The summed E-state index contributed by atoms with van der Waals surface area (Å²) in [6.07, 6.45) is 0. The average Bonchev–Trinajstić information content (AvgIpc) is 3.22. The molecule has 2 aromatic carbocycles. The van der Waals surface area contributed by atoms with Gasteiger partial charge in [-0.15, -0.1) is 0 Å². The van der Waals surface area contributed by atoms with Gasteiger partial charge in [-0.1, -0.05) is 54.6 Å². The molecule has 5 rings (SSSR count). The highest BCUT2D eigenvalue weighted by molar-refractivity contribution is 5.71. The van der Waals surface area contributed by atoms with Crippen LogP contribution in [0.25, 0.3) is 11.2 Å². The molecule has 0 saturated carbocycles. The number of imidazole rings is 1. The van der Waals surface area contributed by atoms with Crippen LogP contribution in [0.4, 0.5) is 0 Å². The smallest absolute Gasteiger partial charge is 0.317 e. The minimum Gasteiger partial charge on any atom is -0.317 e. The molecular formula is C27H32N6O2. The quantitative estimate of drug-likeness (QED) is 0.430. The van der Waals surface area contributed by atoms with Crippen molar-refractivity contribution in [2.75, 3.05) is 26.2 Å². The van der Waals surface area contributed by atoms with Crippen molar-refractivity contribution in [1.82, 2.24) is 28.5 Å². The SMILES string of the molecule is Cc1ccccc1Cn1c(CN2CCN(Cc3ccccc3)CC2)nc2c1c(=O)n(C)c(=O)n2C. The van der Waals surface area contributed by atoms with Gasteiger partial charge in [0, 0.05) is 53.4 Å². The van der Waals surface area contributed by atoms with Gasteiger partial charge in [-0.25, -0.2) is 9.78 Å². The van der Waals surface area contributed by atoms with Crippen LogP contribution in [0.2, 0.25) is 0 Å². The van der Waals surface area contributed by atoms with E-state index in [1.165, 1.54) is 21.7 Å². The van der Waals surface area contributed by atoms with Gasteiger partial charge in [0.2, 0.25) is 0 Å². The van der Waals surface area contributed by atoms with E-state index in [4.69, 9.17) is 4.98 Å². The molecule has 0 spiro atoms. The monoisotopic (exact) mass is 472 g/mol. The molecule has 0 amide bonds. The maximum atomic E-state index is 13.2. The van der Waals surface area contributed by atoms with Gasteiger partial charge < -0.3 is 4.57 Å². The number of fused-ring (bicyclic) bond motifs is 1. The van der Waals surface area contributed by atoms with E-state index in [-0.39, 0.29) is 11.2 Å². The topological polar surface area (TPSA) is 68.3 Å². The summed E-state index contributed by atoms with van der Waals surface area (Å²) < 4.78 is 4.66. The molecule has 0 radical (unpaired) electrons. The molecule has 1 saturated heterocycles. The Balaban J connectivity index is 1.44. The molecule has 0 bridgehead atoms. The first kappa shape index (κ1) is 23.3. The third-order valence-corrected chi connectivity index (χ3v) is 7.10. The summed E-state index contributed by atoms with van der Waals surface area (Å²) in [5.41, 5.74) is 3.90.